The van der Waals surface area contributed by atoms with Crippen LogP contribution in [-0.2, 0) is 4.79 Å². The zero-order valence-electron chi connectivity index (χ0n) is 27.4. The Kier molecular flexibility index (Phi) is 8.60. The zero-order valence-corrected chi connectivity index (χ0v) is 28.2. The summed E-state index contributed by atoms with van der Waals surface area (Å²) in [6, 6.07) is 4.25. The van der Waals surface area contributed by atoms with Crippen LogP contribution in [0.1, 0.15) is 51.5 Å². The molecular formula is C35H37F3N8O2S. The Morgan fingerprint density at radius 3 is 2.86 bits per heavy atom. The molecule has 4 atom stereocenters. The molecule has 6 heterocycles. The van der Waals surface area contributed by atoms with Gasteiger partial charge in [-0.2, -0.15) is 15.2 Å². The first-order valence-corrected chi connectivity index (χ1v) is 17.4. The number of likely N-dealkylation sites (N-methyl/N-ethyl adjacent to an activating group) is 1. The van der Waals surface area contributed by atoms with Crippen LogP contribution in [0.5, 0.6) is 6.01 Å². The molecule has 3 aliphatic heterocycles. The second kappa shape index (κ2) is 12.8. The quantitative estimate of drug-likeness (QED) is 0.211. The monoisotopic (exact) mass is 690 g/mol. The average Bonchev–Trinajstić information content (AvgIpc) is 3.85. The number of benzene rings is 1. The van der Waals surface area contributed by atoms with E-state index in [0.717, 1.165) is 30.7 Å². The SMILES string of the molecule is C=CC(=O)N1CC[C@@H](N(CC)c2nc(OC[C@@]34CCCN3C[C@H](F)C4)nc3c(F)c(-c4ccc(F)c5sc(N)c(C#N)c45)ncc23)[C@@H]1CC. The highest BCUT2D eigenvalue weighted by molar-refractivity contribution is 7.23. The molecule has 0 spiro atoms. The van der Waals surface area contributed by atoms with Gasteiger partial charge in [0, 0.05) is 43.2 Å². The predicted octanol–water partition coefficient (Wildman–Crippen LogP) is 5.99. The van der Waals surface area contributed by atoms with Crippen molar-refractivity contribution in [3.05, 3.63) is 48.2 Å². The molecule has 256 valence electrons. The van der Waals surface area contributed by atoms with E-state index in [-0.39, 0.29) is 68.0 Å². The van der Waals surface area contributed by atoms with Gasteiger partial charge in [-0.3, -0.25) is 14.7 Å². The molecule has 3 fully saturated rings. The third-order valence-electron chi connectivity index (χ3n) is 10.5. The standard InChI is InChI=1S/C35H37F3N8O2S/c1-4-24-25(10-13-46(24)26(47)5-2)45(6-3)33-22-16-41-29(20-8-9-23(37)31-27(20)21(15-39)32(40)49-31)28(38)30(22)42-34(43-33)48-18-35-11-7-12-44(35)17-19(36)14-35/h5,8-9,16,19,24-25H,2,4,6-7,10-14,17-18,40H2,1,3H3/t19-,24+,25-,35+/m1/s1. The average molecular weight is 691 g/mol. The lowest BCUT2D eigenvalue weighted by Crippen LogP contribution is -2.47. The van der Waals surface area contributed by atoms with E-state index in [2.05, 4.69) is 21.4 Å². The molecule has 2 N–H and O–H groups in total. The van der Waals surface area contributed by atoms with Gasteiger partial charge < -0.3 is 20.3 Å². The van der Waals surface area contributed by atoms with Gasteiger partial charge in [-0.05, 0) is 57.4 Å². The first kappa shape index (κ1) is 33.0. The number of likely N-dealkylation sites (tertiary alicyclic amines) is 1. The van der Waals surface area contributed by atoms with E-state index in [1.807, 2.05) is 24.8 Å². The number of hydrogen-bond donors (Lipinski definition) is 1. The molecule has 0 saturated carbocycles. The summed E-state index contributed by atoms with van der Waals surface area (Å²) < 4.78 is 52.8. The van der Waals surface area contributed by atoms with Crippen molar-refractivity contribution in [2.45, 2.75) is 69.7 Å². The highest BCUT2D eigenvalue weighted by atomic mass is 32.1. The summed E-state index contributed by atoms with van der Waals surface area (Å²) in [5.74, 6) is -1.13. The largest absolute Gasteiger partial charge is 0.461 e. The molecule has 3 saturated heterocycles. The molecule has 7 rings (SSSR count). The first-order valence-electron chi connectivity index (χ1n) is 16.6. The lowest BCUT2D eigenvalue weighted by molar-refractivity contribution is -0.126. The Balaban J connectivity index is 1.38. The highest BCUT2D eigenvalue weighted by Gasteiger charge is 2.49. The fraction of sp³-hybridized carbons (Fsp3) is 0.457. The summed E-state index contributed by atoms with van der Waals surface area (Å²) in [6.45, 7) is 9.94. The number of alkyl halides is 1. The molecule has 0 radical (unpaired) electrons. The predicted molar refractivity (Wildman–Crippen MR) is 183 cm³/mol. The number of ether oxygens (including phenoxy) is 1. The van der Waals surface area contributed by atoms with Gasteiger partial charge in [0.15, 0.2) is 5.82 Å². The van der Waals surface area contributed by atoms with E-state index in [1.54, 1.807) is 4.90 Å². The molecule has 0 unspecified atom stereocenters. The van der Waals surface area contributed by atoms with Crippen molar-refractivity contribution in [1.82, 2.24) is 24.8 Å². The third kappa shape index (κ3) is 5.34. The molecule has 0 bridgehead atoms. The van der Waals surface area contributed by atoms with Crippen LogP contribution in [0, 0.1) is 23.0 Å². The third-order valence-corrected chi connectivity index (χ3v) is 11.5. The van der Waals surface area contributed by atoms with Gasteiger partial charge in [0.2, 0.25) is 5.91 Å². The maximum absolute atomic E-state index is 16.9. The lowest BCUT2D eigenvalue weighted by atomic mass is 9.95. The van der Waals surface area contributed by atoms with Crippen LogP contribution in [0.25, 0.3) is 32.2 Å². The molecule has 3 aliphatic rings. The number of pyridine rings is 1. The molecule has 14 heteroatoms. The highest BCUT2D eigenvalue weighted by Crippen LogP contribution is 2.44. The number of nitriles is 1. The summed E-state index contributed by atoms with van der Waals surface area (Å²) in [5.41, 5.74) is 5.64. The Morgan fingerprint density at radius 1 is 1.31 bits per heavy atom. The number of hydrogen-bond acceptors (Lipinski definition) is 10. The minimum atomic E-state index is -0.954. The van der Waals surface area contributed by atoms with Crippen molar-refractivity contribution in [3.8, 4) is 23.3 Å². The minimum absolute atomic E-state index is 0.0499. The number of fused-ring (bicyclic) bond motifs is 3. The summed E-state index contributed by atoms with van der Waals surface area (Å²) in [6.07, 6.45) is 5.22. The van der Waals surface area contributed by atoms with Gasteiger partial charge in [0.25, 0.3) is 0 Å². The number of rotatable bonds is 9. The molecule has 1 amide bonds. The number of nitrogens with two attached hydrogens (primary N) is 1. The van der Waals surface area contributed by atoms with E-state index in [1.165, 1.54) is 24.4 Å². The van der Waals surface area contributed by atoms with Crippen molar-refractivity contribution in [2.24, 2.45) is 0 Å². The van der Waals surface area contributed by atoms with Gasteiger partial charge in [0.05, 0.1) is 33.3 Å². The number of carbonyl (C=O) groups excluding carboxylic acids is 1. The number of nitrogen functional groups attached to an aromatic ring is 1. The second-order valence-electron chi connectivity index (χ2n) is 13.0. The molecule has 0 aliphatic carbocycles. The summed E-state index contributed by atoms with van der Waals surface area (Å²) >= 11 is 0.919. The zero-order chi connectivity index (χ0) is 34.6. The van der Waals surface area contributed by atoms with Gasteiger partial charge in [-0.15, -0.1) is 11.3 Å². The van der Waals surface area contributed by atoms with Gasteiger partial charge in [-0.1, -0.05) is 13.5 Å². The summed E-state index contributed by atoms with van der Waals surface area (Å²) in [7, 11) is 0. The normalized spacial score (nSPS) is 23.7. The molecule has 3 aromatic heterocycles. The van der Waals surface area contributed by atoms with E-state index in [4.69, 9.17) is 15.5 Å². The Morgan fingerprint density at radius 2 is 2.12 bits per heavy atom. The van der Waals surface area contributed by atoms with Crippen LogP contribution < -0.4 is 15.4 Å². The second-order valence-corrected chi connectivity index (χ2v) is 14.0. The molecule has 49 heavy (non-hydrogen) atoms. The number of halogens is 3. The Hall–Kier alpha value is -4.48. The summed E-state index contributed by atoms with van der Waals surface area (Å²) in [5, 5.41) is 10.5. The molecule has 4 aromatic rings. The smallest absolute Gasteiger partial charge is 0.319 e. The van der Waals surface area contributed by atoms with E-state index < -0.39 is 23.3 Å². The van der Waals surface area contributed by atoms with E-state index in [9.17, 15) is 18.8 Å². The van der Waals surface area contributed by atoms with Crippen LogP contribution in [0.4, 0.5) is 24.0 Å². The van der Waals surface area contributed by atoms with Gasteiger partial charge in [0.1, 0.15) is 46.7 Å². The van der Waals surface area contributed by atoms with Crippen LogP contribution in [0.2, 0.25) is 0 Å². The molecular weight excluding hydrogens is 653 g/mol. The van der Waals surface area contributed by atoms with Crippen molar-refractivity contribution >= 4 is 49.1 Å². The number of nitrogens with zero attached hydrogens (tertiary/aromatic N) is 7. The van der Waals surface area contributed by atoms with Crippen molar-refractivity contribution in [3.63, 3.8) is 0 Å². The van der Waals surface area contributed by atoms with Gasteiger partial charge >= 0.3 is 6.01 Å². The fourth-order valence-electron chi connectivity index (χ4n) is 8.26. The fourth-order valence-corrected chi connectivity index (χ4v) is 9.21. The molecule has 10 nitrogen and oxygen atoms in total. The van der Waals surface area contributed by atoms with E-state index in [0.29, 0.717) is 50.1 Å². The topological polar surface area (TPSA) is 125 Å². The number of amides is 1. The van der Waals surface area contributed by atoms with Crippen molar-refractivity contribution < 1.29 is 22.7 Å². The van der Waals surface area contributed by atoms with Gasteiger partial charge in [-0.25, -0.2) is 13.2 Å². The number of anilines is 2. The minimum Gasteiger partial charge on any atom is -0.461 e. The maximum atomic E-state index is 16.9. The Bertz CT molecular complexity index is 2020. The lowest BCUT2D eigenvalue weighted by Gasteiger charge is -2.35. The first-order chi connectivity index (χ1) is 23.6. The van der Waals surface area contributed by atoms with Crippen LogP contribution >= 0.6 is 11.3 Å². The van der Waals surface area contributed by atoms with Crippen LogP contribution in [0.15, 0.2) is 31.0 Å². The van der Waals surface area contributed by atoms with Crippen LogP contribution in [0.3, 0.4) is 0 Å². The van der Waals surface area contributed by atoms with Crippen molar-refractivity contribution in [2.75, 3.05) is 43.4 Å². The van der Waals surface area contributed by atoms with Crippen LogP contribution in [-0.4, -0.2) is 87.2 Å². The number of thiophene rings is 1. The number of carbonyl (C=O) groups is 1. The van der Waals surface area contributed by atoms with Crippen molar-refractivity contribution in [1.29, 1.82) is 5.26 Å². The van der Waals surface area contributed by atoms with E-state index >= 15 is 4.39 Å². The summed E-state index contributed by atoms with van der Waals surface area (Å²) in [4.78, 5) is 32.6. The maximum Gasteiger partial charge on any atom is 0.319 e. The Labute approximate surface area is 286 Å². The molecule has 1 aromatic carbocycles. The number of aromatic nitrogens is 3.